The van der Waals surface area contributed by atoms with Crippen LogP contribution in [0.2, 0.25) is 0 Å². The Morgan fingerprint density at radius 1 is 1.20 bits per heavy atom. The second-order valence-corrected chi connectivity index (χ2v) is 4.07. The normalized spacial score (nSPS) is 49.2. The van der Waals surface area contributed by atoms with Gasteiger partial charge in [0, 0.05) is 5.38 Å². The van der Waals surface area contributed by atoms with Crippen LogP contribution in [-0.4, -0.2) is 16.6 Å². The molecule has 1 rings (SSSR count). The van der Waals surface area contributed by atoms with E-state index in [-0.39, 0.29) is 11.5 Å². The highest BCUT2D eigenvalue weighted by atomic mass is 35.5. The first-order valence-electron chi connectivity index (χ1n) is 3.93. The SMILES string of the molecule is CC1CC(C)C(Cl)CC1O. The minimum Gasteiger partial charge on any atom is -0.393 e. The van der Waals surface area contributed by atoms with Crippen LogP contribution in [0.25, 0.3) is 0 Å². The maximum absolute atomic E-state index is 9.38. The molecule has 0 amide bonds. The topological polar surface area (TPSA) is 20.2 Å². The highest BCUT2D eigenvalue weighted by Gasteiger charge is 2.29. The van der Waals surface area contributed by atoms with Crippen molar-refractivity contribution < 1.29 is 5.11 Å². The fourth-order valence-corrected chi connectivity index (χ4v) is 1.87. The number of rotatable bonds is 0. The summed E-state index contributed by atoms with van der Waals surface area (Å²) >= 11 is 5.97. The molecule has 0 bridgehead atoms. The third-order valence-electron chi connectivity index (χ3n) is 2.48. The second kappa shape index (κ2) is 3.10. The molecule has 2 heteroatoms. The summed E-state index contributed by atoms with van der Waals surface area (Å²) in [6.07, 6.45) is 1.66. The van der Waals surface area contributed by atoms with Crippen LogP contribution < -0.4 is 0 Å². The van der Waals surface area contributed by atoms with Gasteiger partial charge in [0.1, 0.15) is 0 Å². The number of aliphatic hydroxyl groups is 1. The predicted octanol–water partition coefficient (Wildman–Crippen LogP) is 2.02. The minimum atomic E-state index is -0.168. The Morgan fingerprint density at radius 2 is 1.80 bits per heavy atom. The zero-order valence-corrected chi connectivity index (χ0v) is 7.30. The van der Waals surface area contributed by atoms with Crippen molar-refractivity contribution in [1.82, 2.24) is 0 Å². The van der Waals surface area contributed by atoms with E-state index in [0.29, 0.717) is 11.8 Å². The first-order valence-corrected chi connectivity index (χ1v) is 4.37. The van der Waals surface area contributed by atoms with Gasteiger partial charge in [-0.1, -0.05) is 13.8 Å². The fraction of sp³-hybridized carbons (Fsp3) is 1.00. The summed E-state index contributed by atoms with van der Waals surface area (Å²) in [6, 6.07) is 0. The van der Waals surface area contributed by atoms with Gasteiger partial charge < -0.3 is 5.11 Å². The zero-order chi connectivity index (χ0) is 7.72. The quantitative estimate of drug-likeness (QED) is 0.541. The standard InChI is InChI=1S/C8H15ClO/c1-5-3-6(2)8(10)4-7(5)9/h5-8,10H,3-4H2,1-2H3. The third kappa shape index (κ3) is 1.64. The van der Waals surface area contributed by atoms with E-state index in [2.05, 4.69) is 13.8 Å². The maximum atomic E-state index is 9.38. The molecule has 10 heavy (non-hydrogen) atoms. The van der Waals surface area contributed by atoms with Crippen LogP contribution in [0.4, 0.5) is 0 Å². The summed E-state index contributed by atoms with van der Waals surface area (Å²) < 4.78 is 0. The number of aliphatic hydroxyl groups excluding tert-OH is 1. The molecule has 0 aromatic rings. The van der Waals surface area contributed by atoms with Crippen LogP contribution >= 0.6 is 11.6 Å². The number of hydrogen-bond acceptors (Lipinski definition) is 1. The number of alkyl halides is 1. The van der Waals surface area contributed by atoms with Crippen LogP contribution in [0, 0.1) is 11.8 Å². The van der Waals surface area contributed by atoms with E-state index < -0.39 is 0 Å². The summed E-state index contributed by atoms with van der Waals surface area (Å²) in [6.45, 7) is 4.24. The average molecular weight is 163 g/mol. The molecular formula is C8H15ClO. The van der Waals surface area contributed by atoms with Gasteiger partial charge in [0.05, 0.1) is 6.10 Å². The Bertz CT molecular complexity index is 89.8. The Kier molecular flexibility index (Phi) is 2.59. The summed E-state index contributed by atoms with van der Waals surface area (Å²) in [5, 5.41) is 9.57. The Balaban J connectivity index is 2.46. The Morgan fingerprint density at radius 3 is 2.30 bits per heavy atom. The molecule has 1 aliphatic rings. The zero-order valence-electron chi connectivity index (χ0n) is 6.55. The molecular weight excluding hydrogens is 148 g/mol. The van der Waals surface area contributed by atoms with Crippen LogP contribution in [0.1, 0.15) is 26.7 Å². The lowest BCUT2D eigenvalue weighted by Crippen LogP contribution is -2.33. The second-order valence-electron chi connectivity index (χ2n) is 3.51. The predicted molar refractivity (Wildman–Crippen MR) is 43.2 cm³/mol. The lowest BCUT2D eigenvalue weighted by Gasteiger charge is -2.32. The van der Waals surface area contributed by atoms with Gasteiger partial charge in [-0.2, -0.15) is 0 Å². The van der Waals surface area contributed by atoms with Crippen molar-refractivity contribution in [2.45, 2.75) is 38.2 Å². The van der Waals surface area contributed by atoms with E-state index >= 15 is 0 Å². The molecule has 0 aromatic heterocycles. The van der Waals surface area contributed by atoms with Gasteiger partial charge in [0.15, 0.2) is 0 Å². The third-order valence-corrected chi connectivity index (χ3v) is 3.09. The van der Waals surface area contributed by atoms with Crippen LogP contribution in [0.3, 0.4) is 0 Å². The summed E-state index contributed by atoms with van der Waals surface area (Å²) in [7, 11) is 0. The van der Waals surface area contributed by atoms with Crippen molar-refractivity contribution in [2.24, 2.45) is 11.8 Å². The molecule has 0 radical (unpaired) electrons. The molecule has 0 heterocycles. The van der Waals surface area contributed by atoms with Crippen molar-refractivity contribution in [1.29, 1.82) is 0 Å². The van der Waals surface area contributed by atoms with Gasteiger partial charge in [-0.05, 0) is 24.7 Å². The van der Waals surface area contributed by atoms with Crippen LogP contribution in [0.15, 0.2) is 0 Å². The summed E-state index contributed by atoms with van der Waals surface area (Å²) in [4.78, 5) is 0. The van der Waals surface area contributed by atoms with Gasteiger partial charge in [-0.25, -0.2) is 0 Å². The highest BCUT2D eigenvalue weighted by molar-refractivity contribution is 6.20. The molecule has 60 valence electrons. The first-order chi connectivity index (χ1) is 4.61. The van der Waals surface area contributed by atoms with E-state index in [9.17, 15) is 5.11 Å². The van der Waals surface area contributed by atoms with E-state index in [1.54, 1.807) is 0 Å². The summed E-state index contributed by atoms with van der Waals surface area (Å²) in [5.41, 5.74) is 0. The molecule has 1 nitrogen and oxygen atoms in total. The Labute approximate surface area is 67.4 Å². The lowest BCUT2D eigenvalue weighted by molar-refractivity contribution is 0.0634. The molecule has 1 N–H and O–H groups in total. The number of hydrogen-bond donors (Lipinski definition) is 1. The van der Waals surface area contributed by atoms with Gasteiger partial charge >= 0.3 is 0 Å². The Hall–Kier alpha value is 0.250. The van der Waals surface area contributed by atoms with Crippen molar-refractivity contribution >= 4 is 11.6 Å². The monoisotopic (exact) mass is 162 g/mol. The van der Waals surface area contributed by atoms with E-state index in [1.807, 2.05) is 0 Å². The van der Waals surface area contributed by atoms with Crippen molar-refractivity contribution in [3.05, 3.63) is 0 Å². The van der Waals surface area contributed by atoms with Crippen LogP contribution in [-0.2, 0) is 0 Å². The smallest absolute Gasteiger partial charge is 0.0580 e. The highest BCUT2D eigenvalue weighted by Crippen LogP contribution is 2.32. The van der Waals surface area contributed by atoms with E-state index in [4.69, 9.17) is 11.6 Å². The molecule has 1 saturated carbocycles. The molecule has 0 saturated heterocycles. The number of halogens is 1. The largest absolute Gasteiger partial charge is 0.393 e. The van der Waals surface area contributed by atoms with Crippen LogP contribution in [0.5, 0.6) is 0 Å². The minimum absolute atomic E-state index is 0.168. The average Bonchev–Trinajstić information content (AvgIpc) is 1.84. The van der Waals surface area contributed by atoms with Gasteiger partial charge in [-0.3, -0.25) is 0 Å². The molecule has 0 spiro atoms. The molecule has 0 aromatic carbocycles. The molecule has 1 aliphatic carbocycles. The fourth-order valence-electron chi connectivity index (χ4n) is 1.59. The van der Waals surface area contributed by atoms with Crippen molar-refractivity contribution in [2.75, 3.05) is 0 Å². The van der Waals surface area contributed by atoms with Crippen molar-refractivity contribution in [3.8, 4) is 0 Å². The van der Waals surface area contributed by atoms with Gasteiger partial charge in [-0.15, -0.1) is 11.6 Å². The van der Waals surface area contributed by atoms with E-state index in [0.717, 1.165) is 12.8 Å². The lowest BCUT2D eigenvalue weighted by atomic mass is 9.81. The summed E-state index contributed by atoms with van der Waals surface area (Å²) in [5.74, 6) is 1.00. The molecule has 4 unspecified atom stereocenters. The molecule has 4 atom stereocenters. The van der Waals surface area contributed by atoms with E-state index in [1.165, 1.54) is 0 Å². The maximum Gasteiger partial charge on any atom is 0.0580 e. The molecule has 1 fully saturated rings. The van der Waals surface area contributed by atoms with Crippen molar-refractivity contribution in [3.63, 3.8) is 0 Å². The molecule has 0 aliphatic heterocycles. The van der Waals surface area contributed by atoms with Gasteiger partial charge in [0.25, 0.3) is 0 Å². The first kappa shape index (κ1) is 8.35. The van der Waals surface area contributed by atoms with Gasteiger partial charge in [0.2, 0.25) is 0 Å².